The molecule has 0 aliphatic carbocycles. The molecule has 0 saturated heterocycles. The molecule has 2 nitrogen and oxygen atoms in total. The lowest BCUT2D eigenvalue weighted by Gasteiger charge is -2.25. The number of nitrogens with one attached hydrogen (secondary N) is 1. The average molecular weight is 236 g/mol. The van der Waals surface area contributed by atoms with Crippen LogP contribution in [-0.4, -0.2) is 31.2 Å². The van der Waals surface area contributed by atoms with Gasteiger partial charge in [0.15, 0.2) is 0 Å². The lowest BCUT2D eigenvalue weighted by Crippen LogP contribution is -2.33. The number of alkyl halides is 1. The fourth-order valence-corrected chi connectivity index (χ4v) is 1.71. The molecule has 0 atom stereocenters. The van der Waals surface area contributed by atoms with Crippen LogP contribution in [0, 0.1) is 5.41 Å². The van der Waals surface area contributed by atoms with Gasteiger partial charge in [-0.2, -0.15) is 0 Å². The number of ether oxygens (including phenoxy) is 1. The maximum absolute atomic E-state index is 5.73. The molecule has 0 bridgehead atoms. The van der Waals surface area contributed by atoms with E-state index < -0.39 is 0 Å². The molecule has 0 aromatic rings. The molecule has 0 unspecified atom stereocenters. The third-order valence-electron chi connectivity index (χ3n) is 2.19. The highest BCUT2D eigenvalue weighted by molar-refractivity contribution is 6.17. The van der Waals surface area contributed by atoms with Crippen LogP contribution in [0.4, 0.5) is 0 Å². The Morgan fingerprint density at radius 2 is 1.73 bits per heavy atom. The summed E-state index contributed by atoms with van der Waals surface area (Å²) in [5.74, 6) is 0.729. The molecule has 0 aromatic carbocycles. The average Bonchev–Trinajstić information content (AvgIpc) is 2.00. The van der Waals surface area contributed by atoms with Crippen molar-refractivity contribution in [3.8, 4) is 0 Å². The van der Waals surface area contributed by atoms with Crippen LogP contribution in [0.5, 0.6) is 0 Å². The minimum atomic E-state index is -0.0344. The van der Waals surface area contributed by atoms with E-state index in [1.54, 1.807) is 0 Å². The molecular formula is C12H26ClNO. The lowest BCUT2D eigenvalue weighted by molar-refractivity contribution is -0.00137. The highest BCUT2D eigenvalue weighted by Crippen LogP contribution is 2.19. The van der Waals surface area contributed by atoms with Crippen LogP contribution in [0.2, 0.25) is 0 Å². The topological polar surface area (TPSA) is 21.3 Å². The molecule has 0 spiro atoms. The molecule has 0 heterocycles. The van der Waals surface area contributed by atoms with Crippen LogP contribution >= 0.6 is 11.6 Å². The third-order valence-corrected chi connectivity index (χ3v) is 2.38. The van der Waals surface area contributed by atoms with Gasteiger partial charge in [-0.3, -0.25) is 0 Å². The first kappa shape index (κ1) is 15.2. The van der Waals surface area contributed by atoms with Crippen molar-refractivity contribution in [1.29, 1.82) is 0 Å². The summed E-state index contributed by atoms with van der Waals surface area (Å²) < 4.78 is 5.62. The standard InChI is InChI=1S/C12H26ClNO/c1-11(2,3)15-9-8-14-10-12(4,5)6-7-13/h14H,6-10H2,1-5H3. The third kappa shape index (κ3) is 10.5. The first-order valence-corrected chi connectivity index (χ1v) is 6.21. The van der Waals surface area contributed by atoms with Crippen molar-refractivity contribution in [2.75, 3.05) is 25.6 Å². The van der Waals surface area contributed by atoms with Gasteiger partial charge < -0.3 is 10.1 Å². The van der Waals surface area contributed by atoms with Gasteiger partial charge in [-0.05, 0) is 32.6 Å². The van der Waals surface area contributed by atoms with Crippen LogP contribution in [0.15, 0.2) is 0 Å². The highest BCUT2D eigenvalue weighted by atomic mass is 35.5. The number of hydrogen-bond acceptors (Lipinski definition) is 2. The van der Waals surface area contributed by atoms with Crippen LogP contribution in [0.1, 0.15) is 41.0 Å². The fourth-order valence-electron chi connectivity index (χ4n) is 1.20. The minimum Gasteiger partial charge on any atom is -0.375 e. The van der Waals surface area contributed by atoms with E-state index in [1.807, 2.05) is 0 Å². The Morgan fingerprint density at radius 3 is 2.20 bits per heavy atom. The molecular weight excluding hydrogens is 210 g/mol. The summed E-state index contributed by atoms with van der Waals surface area (Å²) in [6, 6.07) is 0. The SMILES string of the molecule is CC(C)(CCCl)CNCCOC(C)(C)C. The van der Waals surface area contributed by atoms with E-state index in [9.17, 15) is 0 Å². The van der Waals surface area contributed by atoms with E-state index in [0.29, 0.717) is 0 Å². The van der Waals surface area contributed by atoms with Crippen molar-refractivity contribution in [3.05, 3.63) is 0 Å². The molecule has 92 valence electrons. The fraction of sp³-hybridized carbons (Fsp3) is 1.00. The molecule has 0 aromatic heterocycles. The smallest absolute Gasteiger partial charge is 0.0599 e. The molecule has 0 aliphatic heterocycles. The largest absolute Gasteiger partial charge is 0.375 e. The van der Waals surface area contributed by atoms with E-state index in [-0.39, 0.29) is 11.0 Å². The number of rotatable bonds is 7. The quantitative estimate of drug-likeness (QED) is 0.541. The van der Waals surface area contributed by atoms with E-state index in [0.717, 1.165) is 32.0 Å². The highest BCUT2D eigenvalue weighted by Gasteiger charge is 2.16. The van der Waals surface area contributed by atoms with Crippen LogP contribution in [0.3, 0.4) is 0 Å². The Labute approximate surface area is 99.7 Å². The predicted octanol–water partition coefficient (Wildman–Crippen LogP) is 3.05. The first-order chi connectivity index (χ1) is 6.77. The summed E-state index contributed by atoms with van der Waals surface area (Å²) in [5.41, 5.74) is 0.247. The minimum absolute atomic E-state index is 0.0344. The Bertz CT molecular complexity index is 163. The number of hydrogen-bond donors (Lipinski definition) is 1. The molecule has 1 N–H and O–H groups in total. The Morgan fingerprint density at radius 1 is 1.13 bits per heavy atom. The van der Waals surface area contributed by atoms with Gasteiger partial charge in [0.25, 0.3) is 0 Å². The van der Waals surface area contributed by atoms with E-state index >= 15 is 0 Å². The van der Waals surface area contributed by atoms with Crippen molar-refractivity contribution >= 4 is 11.6 Å². The van der Waals surface area contributed by atoms with Gasteiger partial charge in [0.2, 0.25) is 0 Å². The molecule has 15 heavy (non-hydrogen) atoms. The maximum Gasteiger partial charge on any atom is 0.0599 e. The van der Waals surface area contributed by atoms with Gasteiger partial charge in [0, 0.05) is 19.0 Å². The molecule has 0 radical (unpaired) electrons. The van der Waals surface area contributed by atoms with Crippen molar-refractivity contribution in [1.82, 2.24) is 5.32 Å². The van der Waals surface area contributed by atoms with E-state index in [4.69, 9.17) is 16.3 Å². The van der Waals surface area contributed by atoms with Crippen molar-refractivity contribution in [2.24, 2.45) is 5.41 Å². The van der Waals surface area contributed by atoms with Crippen LogP contribution in [-0.2, 0) is 4.74 Å². The zero-order valence-electron chi connectivity index (χ0n) is 10.8. The second kappa shape index (κ2) is 6.72. The summed E-state index contributed by atoms with van der Waals surface area (Å²) in [7, 11) is 0. The van der Waals surface area contributed by atoms with E-state index in [2.05, 4.69) is 39.9 Å². The van der Waals surface area contributed by atoms with Crippen molar-refractivity contribution in [3.63, 3.8) is 0 Å². The van der Waals surface area contributed by atoms with Gasteiger partial charge >= 0.3 is 0 Å². The van der Waals surface area contributed by atoms with Crippen molar-refractivity contribution < 1.29 is 4.74 Å². The summed E-state index contributed by atoms with van der Waals surface area (Å²) in [5, 5.41) is 3.40. The Balaban J connectivity index is 3.46. The molecule has 0 fully saturated rings. The van der Waals surface area contributed by atoms with Crippen LogP contribution in [0.25, 0.3) is 0 Å². The molecule has 3 heteroatoms. The molecule has 0 rings (SSSR count). The van der Waals surface area contributed by atoms with Crippen molar-refractivity contribution in [2.45, 2.75) is 46.6 Å². The van der Waals surface area contributed by atoms with Gasteiger partial charge in [0.1, 0.15) is 0 Å². The summed E-state index contributed by atoms with van der Waals surface area (Å²) in [6.07, 6.45) is 1.04. The van der Waals surface area contributed by atoms with E-state index in [1.165, 1.54) is 0 Å². The Kier molecular flexibility index (Phi) is 6.81. The summed E-state index contributed by atoms with van der Waals surface area (Å²) >= 11 is 5.73. The molecule has 0 amide bonds. The van der Waals surface area contributed by atoms with Gasteiger partial charge in [-0.25, -0.2) is 0 Å². The normalized spacial score (nSPS) is 13.2. The lowest BCUT2D eigenvalue weighted by atomic mass is 9.90. The first-order valence-electron chi connectivity index (χ1n) is 5.67. The summed E-state index contributed by atoms with van der Waals surface area (Å²) in [6.45, 7) is 13.3. The number of halogens is 1. The zero-order chi connectivity index (χ0) is 11.9. The molecule has 0 saturated carbocycles. The summed E-state index contributed by atoms with van der Waals surface area (Å²) in [4.78, 5) is 0. The predicted molar refractivity (Wildman–Crippen MR) is 67.7 cm³/mol. The van der Waals surface area contributed by atoms with Gasteiger partial charge in [-0.15, -0.1) is 11.6 Å². The molecule has 0 aliphatic rings. The second-order valence-corrected chi connectivity index (χ2v) is 6.12. The monoisotopic (exact) mass is 235 g/mol. The zero-order valence-corrected chi connectivity index (χ0v) is 11.6. The van der Waals surface area contributed by atoms with Gasteiger partial charge in [0.05, 0.1) is 12.2 Å². The van der Waals surface area contributed by atoms with Gasteiger partial charge in [-0.1, -0.05) is 13.8 Å². The van der Waals surface area contributed by atoms with Crippen LogP contribution < -0.4 is 5.32 Å². The Hall–Kier alpha value is 0.210. The maximum atomic E-state index is 5.73. The second-order valence-electron chi connectivity index (χ2n) is 5.74.